The second-order valence-electron chi connectivity index (χ2n) is 6.87. The summed E-state index contributed by atoms with van der Waals surface area (Å²) >= 11 is 7.05. The lowest BCUT2D eigenvalue weighted by Gasteiger charge is -2.12. The minimum Gasteiger partial charge on any atom is -0.383 e. The van der Waals surface area contributed by atoms with E-state index in [1.54, 1.807) is 24.3 Å². The van der Waals surface area contributed by atoms with Gasteiger partial charge in [-0.2, -0.15) is 13.2 Å². The number of nitrogen functional groups attached to an aromatic ring is 1. The number of urea groups is 1. The Labute approximate surface area is 194 Å². The smallest absolute Gasteiger partial charge is 0.383 e. The first-order chi connectivity index (χ1) is 15.6. The standard InChI is InChI=1S/C22H13ClF3N5OS/c1-28-14-8-15(20(27)29-10-14)19-7-11-6-12(3-5-18(11)33-19)30-21(32)31-13-2-4-17(23)16(9-13)22(24,25)26/h2-10H,(H2,27,29)(H2,30,31,32). The van der Waals surface area contributed by atoms with Crippen LogP contribution in [0.1, 0.15) is 5.56 Å². The first-order valence-electron chi connectivity index (χ1n) is 9.26. The quantitative estimate of drug-likeness (QED) is 0.263. The number of nitrogens with zero attached hydrogens (tertiary/aromatic N) is 2. The number of hydrogen-bond acceptors (Lipinski definition) is 4. The Balaban J connectivity index is 1.54. The van der Waals surface area contributed by atoms with Crippen LogP contribution in [0.25, 0.3) is 25.4 Å². The predicted octanol–water partition coefficient (Wildman–Crippen LogP) is 7.41. The zero-order chi connectivity index (χ0) is 23.8. The topological polar surface area (TPSA) is 84.4 Å². The molecule has 6 nitrogen and oxygen atoms in total. The fourth-order valence-corrected chi connectivity index (χ4v) is 4.38. The number of aromatic nitrogens is 1. The lowest BCUT2D eigenvalue weighted by atomic mass is 10.1. The number of benzene rings is 2. The molecule has 0 aliphatic rings. The molecule has 0 bridgehead atoms. The summed E-state index contributed by atoms with van der Waals surface area (Å²) < 4.78 is 40.0. The molecule has 0 spiro atoms. The number of thiophene rings is 1. The van der Waals surface area contributed by atoms with Crippen molar-refractivity contribution in [3.05, 3.63) is 76.7 Å². The highest BCUT2D eigenvalue weighted by Gasteiger charge is 2.33. The van der Waals surface area contributed by atoms with Crippen molar-refractivity contribution in [3.8, 4) is 10.4 Å². The number of anilines is 3. The third-order valence-corrected chi connectivity index (χ3v) is 6.08. The number of halogens is 4. The Morgan fingerprint density at radius 1 is 1.09 bits per heavy atom. The van der Waals surface area contributed by atoms with Crippen LogP contribution in [0.15, 0.2) is 54.7 Å². The summed E-state index contributed by atoms with van der Waals surface area (Å²) in [5.41, 5.74) is 6.32. The Hall–Kier alpha value is -3.81. The molecule has 4 N–H and O–H groups in total. The molecule has 0 saturated carbocycles. The van der Waals surface area contributed by atoms with Crippen LogP contribution in [0.3, 0.4) is 0 Å². The van der Waals surface area contributed by atoms with Crippen LogP contribution in [-0.4, -0.2) is 11.0 Å². The van der Waals surface area contributed by atoms with Crippen molar-refractivity contribution >= 4 is 61.9 Å². The average Bonchev–Trinajstić information content (AvgIpc) is 3.17. The Morgan fingerprint density at radius 3 is 2.48 bits per heavy atom. The molecule has 11 heteroatoms. The Kier molecular flexibility index (Phi) is 5.84. The van der Waals surface area contributed by atoms with E-state index in [0.717, 1.165) is 27.1 Å². The van der Waals surface area contributed by atoms with Crippen LogP contribution < -0.4 is 16.4 Å². The van der Waals surface area contributed by atoms with Gasteiger partial charge in [0.25, 0.3) is 0 Å². The number of rotatable bonds is 3. The second kappa shape index (κ2) is 8.61. The number of pyridine rings is 1. The highest BCUT2D eigenvalue weighted by molar-refractivity contribution is 7.22. The molecule has 2 aromatic heterocycles. The van der Waals surface area contributed by atoms with Crippen LogP contribution in [-0.2, 0) is 6.18 Å². The molecule has 0 aliphatic carbocycles. The summed E-state index contributed by atoms with van der Waals surface area (Å²) in [4.78, 5) is 20.5. The predicted molar refractivity (Wildman–Crippen MR) is 125 cm³/mol. The van der Waals surface area contributed by atoms with Gasteiger partial charge in [0.2, 0.25) is 5.69 Å². The van der Waals surface area contributed by atoms with Crippen molar-refractivity contribution in [3.63, 3.8) is 0 Å². The van der Waals surface area contributed by atoms with Crippen LogP contribution in [0.5, 0.6) is 0 Å². The van der Waals surface area contributed by atoms with Crippen molar-refractivity contribution in [1.82, 2.24) is 4.98 Å². The number of alkyl halides is 3. The molecule has 33 heavy (non-hydrogen) atoms. The normalized spacial score (nSPS) is 11.2. The van der Waals surface area contributed by atoms with E-state index < -0.39 is 22.8 Å². The van der Waals surface area contributed by atoms with Crippen LogP contribution in [0.2, 0.25) is 5.02 Å². The number of fused-ring (bicyclic) bond motifs is 1. The zero-order valence-electron chi connectivity index (χ0n) is 16.5. The van der Waals surface area contributed by atoms with Gasteiger partial charge in [-0.3, -0.25) is 4.98 Å². The molecule has 0 fully saturated rings. The molecular formula is C22H13ClF3N5OS. The van der Waals surface area contributed by atoms with E-state index >= 15 is 0 Å². The van der Waals surface area contributed by atoms with E-state index in [1.807, 2.05) is 6.07 Å². The summed E-state index contributed by atoms with van der Waals surface area (Å²) in [6, 6.07) is 11.1. The highest BCUT2D eigenvalue weighted by atomic mass is 35.5. The molecule has 4 rings (SSSR count). The van der Waals surface area contributed by atoms with Crippen LogP contribution in [0, 0.1) is 6.57 Å². The third-order valence-electron chi connectivity index (χ3n) is 4.60. The van der Waals surface area contributed by atoms with Crippen molar-refractivity contribution in [2.24, 2.45) is 0 Å². The molecule has 0 saturated heterocycles. The first kappa shape index (κ1) is 22.4. The molecular weight excluding hydrogens is 475 g/mol. The van der Waals surface area contributed by atoms with Gasteiger partial charge in [-0.25, -0.2) is 9.64 Å². The third kappa shape index (κ3) is 4.84. The molecule has 166 valence electrons. The molecule has 0 radical (unpaired) electrons. The number of hydrogen-bond donors (Lipinski definition) is 3. The average molecular weight is 488 g/mol. The number of carbonyl (C=O) groups excluding carboxylic acids is 1. The van der Waals surface area contributed by atoms with E-state index in [1.165, 1.54) is 23.6 Å². The SMILES string of the molecule is [C-]#[N+]c1cnc(N)c(-c2cc3cc(NC(=O)Nc4ccc(Cl)c(C(F)(F)F)c4)ccc3s2)c1. The largest absolute Gasteiger partial charge is 0.417 e. The van der Waals surface area contributed by atoms with Gasteiger partial charge in [-0.1, -0.05) is 11.6 Å². The molecule has 0 aliphatic heterocycles. The van der Waals surface area contributed by atoms with Crippen molar-refractivity contribution < 1.29 is 18.0 Å². The molecule has 2 amide bonds. The van der Waals surface area contributed by atoms with Crippen LogP contribution >= 0.6 is 22.9 Å². The van der Waals surface area contributed by atoms with Crippen molar-refractivity contribution in [1.29, 1.82) is 0 Å². The molecule has 2 heterocycles. The van der Waals surface area contributed by atoms with Gasteiger partial charge in [0.1, 0.15) is 5.82 Å². The Morgan fingerprint density at radius 2 is 1.79 bits per heavy atom. The molecule has 2 aromatic carbocycles. The van der Waals surface area contributed by atoms with Gasteiger partial charge in [0.15, 0.2) is 0 Å². The second-order valence-corrected chi connectivity index (χ2v) is 8.36. The molecule has 0 atom stereocenters. The van der Waals surface area contributed by atoms with Gasteiger partial charge in [0.05, 0.1) is 17.2 Å². The monoisotopic (exact) mass is 487 g/mol. The first-order valence-corrected chi connectivity index (χ1v) is 10.4. The molecule has 0 unspecified atom stereocenters. The zero-order valence-corrected chi connectivity index (χ0v) is 18.1. The van der Waals surface area contributed by atoms with E-state index in [2.05, 4.69) is 20.5 Å². The molecule has 4 aromatic rings. The van der Waals surface area contributed by atoms with Crippen molar-refractivity contribution in [2.75, 3.05) is 16.4 Å². The number of nitrogens with two attached hydrogens (primary N) is 1. The fourth-order valence-electron chi connectivity index (χ4n) is 3.09. The Bertz CT molecular complexity index is 1430. The summed E-state index contributed by atoms with van der Waals surface area (Å²) in [6.45, 7) is 7.15. The minimum absolute atomic E-state index is 0.0502. The van der Waals surface area contributed by atoms with Gasteiger partial charge in [0, 0.05) is 32.7 Å². The number of nitrogens with one attached hydrogen (secondary N) is 2. The maximum Gasteiger partial charge on any atom is 0.417 e. The maximum absolute atomic E-state index is 13.0. The van der Waals surface area contributed by atoms with Crippen molar-refractivity contribution in [2.45, 2.75) is 6.18 Å². The fraction of sp³-hybridized carbons (Fsp3) is 0.0455. The summed E-state index contributed by atoms with van der Waals surface area (Å²) in [5, 5.41) is 5.33. The lowest BCUT2D eigenvalue weighted by Crippen LogP contribution is -2.19. The van der Waals surface area contributed by atoms with E-state index in [9.17, 15) is 18.0 Å². The highest BCUT2D eigenvalue weighted by Crippen LogP contribution is 2.38. The van der Waals surface area contributed by atoms with Gasteiger partial charge in [-0.05, 0) is 53.9 Å². The van der Waals surface area contributed by atoms with Gasteiger partial charge < -0.3 is 16.4 Å². The van der Waals surface area contributed by atoms with Gasteiger partial charge >= 0.3 is 12.2 Å². The summed E-state index contributed by atoms with van der Waals surface area (Å²) in [7, 11) is 0. The van der Waals surface area contributed by atoms with E-state index in [4.69, 9.17) is 23.9 Å². The van der Waals surface area contributed by atoms with Crippen LogP contribution in [0.4, 0.5) is 40.8 Å². The van der Waals surface area contributed by atoms with Gasteiger partial charge in [-0.15, -0.1) is 11.3 Å². The maximum atomic E-state index is 13.0. The summed E-state index contributed by atoms with van der Waals surface area (Å²) in [6.07, 6.45) is -3.24. The van der Waals surface area contributed by atoms with E-state index in [0.29, 0.717) is 22.8 Å². The number of amides is 2. The van der Waals surface area contributed by atoms with E-state index in [-0.39, 0.29) is 5.69 Å². The summed E-state index contributed by atoms with van der Waals surface area (Å²) in [5.74, 6) is 0.299. The minimum atomic E-state index is -4.64. The lowest BCUT2D eigenvalue weighted by molar-refractivity contribution is -0.137. The number of carbonyl (C=O) groups is 1.